The van der Waals surface area contributed by atoms with Crippen LogP contribution in [0.4, 0.5) is 5.69 Å². The minimum Gasteiger partial charge on any atom is -0.493 e. The predicted octanol–water partition coefficient (Wildman–Crippen LogP) is 6.60. The van der Waals surface area contributed by atoms with Gasteiger partial charge >= 0.3 is 5.97 Å². The van der Waals surface area contributed by atoms with Gasteiger partial charge in [0.1, 0.15) is 6.61 Å². The second-order valence-corrected chi connectivity index (χ2v) is 8.91. The Kier molecular flexibility index (Phi) is 7.39. The van der Waals surface area contributed by atoms with Crippen molar-refractivity contribution in [1.82, 2.24) is 0 Å². The normalized spacial score (nSPS) is 14.0. The third-order valence-corrected chi connectivity index (χ3v) is 5.99. The van der Waals surface area contributed by atoms with Gasteiger partial charge in [0.25, 0.3) is 5.69 Å². The molecule has 1 aliphatic rings. The van der Waals surface area contributed by atoms with E-state index in [2.05, 4.69) is 20.9 Å². The molecule has 0 spiro atoms. The molecule has 0 N–H and O–H groups in total. The van der Waals surface area contributed by atoms with Crippen LogP contribution in [0.3, 0.4) is 0 Å². The molecule has 0 fully saturated rings. The molecule has 1 aliphatic heterocycles. The largest absolute Gasteiger partial charge is 0.493 e. The molecule has 1 heterocycles. The molecule has 0 atom stereocenters. The number of methoxy groups -OCH3 is 1. The average Bonchev–Trinajstić information content (AvgIpc) is 3.18. The maximum Gasteiger partial charge on any atom is 0.363 e. The summed E-state index contributed by atoms with van der Waals surface area (Å²) in [4.78, 5) is 27.1. The molecule has 4 rings (SSSR count). The first-order chi connectivity index (χ1) is 16.7. The van der Waals surface area contributed by atoms with Gasteiger partial charge in [-0.1, -0.05) is 35.3 Å². The van der Waals surface area contributed by atoms with Crippen LogP contribution in [-0.2, 0) is 16.1 Å². The molecule has 178 valence electrons. The Labute approximate surface area is 218 Å². The zero-order valence-corrected chi connectivity index (χ0v) is 21.1. The van der Waals surface area contributed by atoms with Gasteiger partial charge in [0.2, 0.25) is 5.90 Å². The van der Waals surface area contributed by atoms with Crippen LogP contribution in [0, 0.1) is 10.1 Å². The van der Waals surface area contributed by atoms with Crippen molar-refractivity contribution in [3.05, 3.63) is 102 Å². The standard InChI is InChI=1S/C24H15BrCl2N2O6/c1-33-21-10-14(8-18(25)22(21)34-12-13-3-2-4-15(26)7-13)9-20-24(30)35-23(28-20)17-11-16(29(31)32)5-6-19(17)27/h2-11H,12H2,1H3/b20-9-. The molecule has 0 amide bonds. The quantitative estimate of drug-likeness (QED) is 0.136. The van der Waals surface area contributed by atoms with Crippen molar-refractivity contribution < 1.29 is 23.9 Å². The van der Waals surface area contributed by atoms with Gasteiger partial charge in [-0.15, -0.1) is 0 Å². The Balaban J connectivity index is 1.62. The van der Waals surface area contributed by atoms with Gasteiger partial charge in [-0.05, 0) is 63.5 Å². The Morgan fingerprint density at radius 1 is 1.17 bits per heavy atom. The highest BCUT2D eigenvalue weighted by atomic mass is 79.9. The van der Waals surface area contributed by atoms with Crippen molar-refractivity contribution in [2.24, 2.45) is 4.99 Å². The van der Waals surface area contributed by atoms with Crippen LogP contribution >= 0.6 is 39.1 Å². The molecule has 35 heavy (non-hydrogen) atoms. The van der Waals surface area contributed by atoms with Crippen LogP contribution in [0.5, 0.6) is 11.5 Å². The van der Waals surface area contributed by atoms with Gasteiger partial charge in [-0.2, -0.15) is 0 Å². The number of ether oxygens (including phenoxy) is 3. The number of halogens is 3. The lowest BCUT2D eigenvalue weighted by Crippen LogP contribution is -2.06. The number of hydrogen-bond donors (Lipinski definition) is 0. The van der Waals surface area contributed by atoms with E-state index in [1.165, 1.54) is 31.4 Å². The van der Waals surface area contributed by atoms with E-state index in [0.29, 0.717) is 26.6 Å². The Morgan fingerprint density at radius 2 is 1.97 bits per heavy atom. The maximum atomic E-state index is 12.4. The summed E-state index contributed by atoms with van der Waals surface area (Å²) in [6, 6.07) is 14.5. The summed E-state index contributed by atoms with van der Waals surface area (Å²) in [7, 11) is 1.50. The molecule has 0 radical (unpaired) electrons. The number of rotatable bonds is 7. The zero-order chi connectivity index (χ0) is 25.1. The van der Waals surface area contributed by atoms with Crippen LogP contribution in [0.25, 0.3) is 6.08 Å². The van der Waals surface area contributed by atoms with Gasteiger partial charge in [0, 0.05) is 17.2 Å². The van der Waals surface area contributed by atoms with E-state index in [4.69, 9.17) is 37.4 Å². The monoisotopic (exact) mass is 576 g/mol. The summed E-state index contributed by atoms with van der Waals surface area (Å²) in [6.07, 6.45) is 1.49. The number of esters is 1. The average molecular weight is 578 g/mol. The van der Waals surface area contributed by atoms with Gasteiger partial charge < -0.3 is 14.2 Å². The van der Waals surface area contributed by atoms with E-state index in [1.807, 2.05) is 12.1 Å². The lowest BCUT2D eigenvalue weighted by Gasteiger charge is -2.14. The van der Waals surface area contributed by atoms with Crippen molar-refractivity contribution in [2.75, 3.05) is 7.11 Å². The molecule has 3 aromatic carbocycles. The summed E-state index contributed by atoms with van der Waals surface area (Å²) < 4.78 is 17.2. The first kappa shape index (κ1) is 24.7. The number of aliphatic imine (C=N–C) groups is 1. The van der Waals surface area contributed by atoms with Gasteiger partial charge in [0.05, 0.1) is 27.1 Å². The summed E-state index contributed by atoms with van der Waals surface area (Å²) in [5.74, 6) is 0.0446. The van der Waals surface area contributed by atoms with E-state index >= 15 is 0 Å². The van der Waals surface area contributed by atoms with E-state index in [-0.39, 0.29) is 34.5 Å². The molecule has 0 saturated heterocycles. The number of cyclic esters (lactones) is 1. The van der Waals surface area contributed by atoms with Crippen LogP contribution in [0.2, 0.25) is 10.0 Å². The number of carbonyl (C=O) groups is 1. The highest BCUT2D eigenvalue weighted by Gasteiger charge is 2.27. The molecule has 11 heteroatoms. The minimum absolute atomic E-state index is 0.0101. The molecular weight excluding hydrogens is 563 g/mol. The summed E-state index contributed by atoms with van der Waals surface area (Å²) in [5.41, 5.74) is 1.38. The number of hydrogen-bond acceptors (Lipinski definition) is 7. The molecule has 0 aromatic heterocycles. The Bertz CT molecular complexity index is 1410. The fourth-order valence-electron chi connectivity index (χ4n) is 3.22. The molecule has 8 nitrogen and oxygen atoms in total. The maximum absolute atomic E-state index is 12.4. The Hall–Kier alpha value is -3.40. The number of carbonyl (C=O) groups excluding carboxylic acids is 1. The van der Waals surface area contributed by atoms with E-state index in [9.17, 15) is 14.9 Å². The zero-order valence-electron chi connectivity index (χ0n) is 18.0. The number of nitrogens with zero attached hydrogens (tertiary/aromatic N) is 2. The van der Waals surface area contributed by atoms with Crippen molar-refractivity contribution in [3.8, 4) is 11.5 Å². The molecule has 0 bridgehead atoms. The SMILES string of the molecule is COc1cc(/C=C2\N=C(c3cc([N+](=O)[O-])ccc3Cl)OC2=O)cc(Br)c1OCc1cccc(Cl)c1. The van der Waals surface area contributed by atoms with Crippen molar-refractivity contribution in [1.29, 1.82) is 0 Å². The summed E-state index contributed by atoms with van der Waals surface area (Å²) in [5, 5.41) is 11.8. The second kappa shape index (κ2) is 10.5. The first-order valence-corrected chi connectivity index (χ1v) is 11.5. The van der Waals surface area contributed by atoms with E-state index in [0.717, 1.165) is 5.56 Å². The second-order valence-electron chi connectivity index (χ2n) is 7.21. The smallest absolute Gasteiger partial charge is 0.363 e. The van der Waals surface area contributed by atoms with Crippen molar-refractivity contribution >= 4 is 62.8 Å². The summed E-state index contributed by atoms with van der Waals surface area (Å²) >= 11 is 15.6. The number of nitro groups is 1. The third-order valence-electron chi connectivity index (χ3n) is 4.84. The third kappa shape index (κ3) is 5.64. The molecule has 0 unspecified atom stereocenters. The van der Waals surface area contributed by atoms with E-state index < -0.39 is 10.9 Å². The number of benzene rings is 3. The highest BCUT2D eigenvalue weighted by molar-refractivity contribution is 9.10. The van der Waals surface area contributed by atoms with Crippen LogP contribution in [-0.4, -0.2) is 23.9 Å². The topological polar surface area (TPSA) is 100 Å². The Morgan fingerprint density at radius 3 is 2.69 bits per heavy atom. The highest BCUT2D eigenvalue weighted by Crippen LogP contribution is 2.38. The van der Waals surface area contributed by atoms with Crippen molar-refractivity contribution in [3.63, 3.8) is 0 Å². The fraction of sp³-hybridized carbons (Fsp3) is 0.0833. The first-order valence-electron chi connectivity index (χ1n) is 9.97. The molecule has 3 aromatic rings. The van der Waals surface area contributed by atoms with Gasteiger partial charge in [0.15, 0.2) is 17.2 Å². The number of non-ortho nitro benzene ring substituents is 1. The van der Waals surface area contributed by atoms with Crippen LogP contribution in [0.1, 0.15) is 16.7 Å². The van der Waals surface area contributed by atoms with Gasteiger partial charge in [-0.25, -0.2) is 9.79 Å². The fourth-order valence-corrected chi connectivity index (χ4v) is 4.20. The lowest BCUT2D eigenvalue weighted by molar-refractivity contribution is -0.384. The predicted molar refractivity (Wildman–Crippen MR) is 135 cm³/mol. The van der Waals surface area contributed by atoms with Crippen molar-refractivity contribution in [2.45, 2.75) is 6.61 Å². The lowest BCUT2D eigenvalue weighted by atomic mass is 10.1. The van der Waals surface area contributed by atoms with Crippen LogP contribution < -0.4 is 9.47 Å². The van der Waals surface area contributed by atoms with Gasteiger partial charge in [-0.3, -0.25) is 10.1 Å². The van der Waals surface area contributed by atoms with Crippen LogP contribution in [0.15, 0.2) is 69.8 Å². The molecule has 0 saturated carbocycles. The molecular formula is C24H15BrCl2N2O6. The number of nitro benzene ring substituents is 1. The summed E-state index contributed by atoms with van der Waals surface area (Å²) in [6.45, 7) is 0.264. The minimum atomic E-state index is -0.723. The molecule has 0 aliphatic carbocycles. The van der Waals surface area contributed by atoms with E-state index in [1.54, 1.807) is 24.3 Å².